The molecule has 0 radical (unpaired) electrons. The molecule has 0 spiro atoms. The zero-order valence-electron chi connectivity index (χ0n) is 28.9. The van der Waals surface area contributed by atoms with Crippen LogP contribution in [-0.4, -0.2) is 43.5 Å². The number of nitrogens with one attached hydrogen (secondary N) is 2. The lowest BCUT2D eigenvalue weighted by atomic mass is 9.82. The lowest BCUT2D eigenvalue weighted by Crippen LogP contribution is -2.52. The van der Waals surface area contributed by atoms with Gasteiger partial charge in [-0.05, 0) is 111 Å². The molecule has 284 valence electrons. The van der Waals surface area contributed by atoms with Gasteiger partial charge in [0.25, 0.3) is 0 Å². The van der Waals surface area contributed by atoms with Crippen molar-refractivity contribution in [1.29, 1.82) is 0 Å². The van der Waals surface area contributed by atoms with Gasteiger partial charge in [-0.1, -0.05) is 0 Å². The van der Waals surface area contributed by atoms with Crippen molar-refractivity contribution < 1.29 is 53.5 Å². The van der Waals surface area contributed by atoms with Crippen molar-refractivity contribution in [2.75, 3.05) is 13.2 Å². The largest absolute Gasteiger partial charge is 0.422 e. The number of aryl methyl sites for hydroxylation is 2. The summed E-state index contributed by atoms with van der Waals surface area (Å²) < 4.78 is 133. The minimum absolute atomic E-state index is 0.00308. The Hall–Kier alpha value is -4.32. The topological polar surface area (TPSA) is 75.8 Å². The number of Topliss-reactive ketones (excluding diaryl/α,β-unsaturated/α-hetero) is 1. The third kappa shape index (κ3) is 8.12. The molecule has 3 aliphatic rings. The van der Waals surface area contributed by atoms with E-state index in [-0.39, 0.29) is 64.3 Å². The van der Waals surface area contributed by atoms with E-state index in [0.29, 0.717) is 36.3 Å². The van der Waals surface area contributed by atoms with Crippen LogP contribution in [0.2, 0.25) is 19.6 Å². The number of benzene rings is 2. The van der Waals surface area contributed by atoms with E-state index in [1.807, 2.05) is 0 Å². The third-order valence-electron chi connectivity index (χ3n) is 9.10. The van der Waals surface area contributed by atoms with Gasteiger partial charge >= 0.3 is 18.5 Å². The summed E-state index contributed by atoms with van der Waals surface area (Å²) in [7, 11) is -2.72. The molecular formula is C36H35F9N4O3Si. The minimum atomic E-state index is -4.81. The van der Waals surface area contributed by atoms with Gasteiger partial charge in [-0.3, -0.25) is 4.79 Å². The van der Waals surface area contributed by atoms with Crippen LogP contribution in [-0.2, 0) is 40.0 Å². The Bertz CT molecular complexity index is 2100. The molecule has 1 saturated heterocycles. The number of hydrogen-bond donors (Lipinski definition) is 2. The normalized spacial score (nSPS) is 19.0. The maximum absolute atomic E-state index is 14.2. The highest BCUT2D eigenvalue weighted by Gasteiger charge is 2.61. The first-order valence-electron chi connectivity index (χ1n) is 16.8. The first kappa shape index (κ1) is 39.9. The number of hydrogen-bond acceptors (Lipinski definition) is 3. The SMILES string of the molecule is C1CCOC1.[C-]#[N+]c1cc(C(F)(F)F)c2[nH]c3c(c2c1)CCCC3(O[Si](C)(C)C)C(F)(F)F.[C-]#[N+]c1cc(C(F)(F)F)c2[nH]c3c(c2c1)CCCC3=O. The lowest BCUT2D eigenvalue weighted by Gasteiger charge is -2.42. The molecule has 53 heavy (non-hydrogen) atoms. The highest BCUT2D eigenvalue weighted by atomic mass is 28.4. The fraction of sp³-hybridized carbons (Fsp3) is 0.472. The van der Waals surface area contributed by atoms with Crippen molar-refractivity contribution >= 4 is 47.3 Å². The van der Waals surface area contributed by atoms with E-state index in [1.54, 1.807) is 19.6 Å². The number of rotatable bonds is 2. The Balaban J connectivity index is 0.000000187. The van der Waals surface area contributed by atoms with Crippen molar-refractivity contribution in [3.63, 3.8) is 0 Å². The predicted molar refractivity (Wildman–Crippen MR) is 182 cm³/mol. The van der Waals surface area contributed by atoms with Gasteiger partial charge in [0.2, 0.25) is 0 Å². The highest BCUT2D eigenvalue weighted by Crippen LogP contribution is 2.53. The molecule has 4 aromatic rings. The average molecular weight is 771 g/mol. The molecule has 0 bridgehead atoms. The van der Waals surface area contributed by atoms with Crippen LogP contribution in [0.15, 0.2) is 24.3 Å². The number of nitrogens with zero attached hydrogens (tertiary/aromatic N) is 2. The Kier molecular flexibility index (Phi) is 10.9. The van der Waals surface area contributed by atoms with Gasteiger partial charge in [-0.15, -0.1) is 0 Å². The smallest absolute Gasteiger partial charge is 0.399 e. The molecule has 2 aromatic carbocycles. The fourth-order valence-corrected chi connectivity index (χ4v) is 8.38. The van der Waals surface area contributed by atoms with Gasteiger partial charge in [-0.2, -0.15) is 39.5 Å². The number of carbonyl (C=O) groups is 1. The summed E-state index contributed by atoms with van der Waals surface area (Å²) in [6.07, 6.45) is -10.2. The van der Waals surface area contributed by atoms with Gasteiger partial charge in [0.1, 0.15) is 0 Å². The van der Waals surface area contributed by atoms with Crippen molar-refractivity contribution in [1.82, 2.24) is 9.97 Å². The van der Waals surface area contributed by atoms with E-state index in [4.69, 9.17) is 22.3 Å². The first-order chi connectivity index (χ1) is 24.6. The minimum Gasteiger partial charge on any atom is -0.399 e. The zero-order chi connectivity index (χ0) is 39.1. The molecule has 2 aliphatic carbocycles. The highest BCUT2D eigenvalue weighted by molar-refractivity contribution is 6.69. The van der Waals surface area contributed by atoms with Gasteiger partial charge in [0.15, 0.2) is 31.1 Å². The van der Waals surface area contributed by atoms with Crippen LogP contribution < -0.4 is 0 Å². The second-order valence-electron chi connectivity index (χ2n) is 14.0. The van der Waals surface area contributed by atoms with Crippen molar-refractivity contribution in [2.45, 2.75) is 95.1 Å². The number of ketones is 1. The van der Waals surface area contributed by atoms with Gasteiger partial charge in [0.05, 0.1) is 46.7 Å². The number of aromatic amines is 2. The molecule has 2 N–H and O–H groups in total. The van der Waals surface area contributed by atoms with Gasteiger partial charge in [-0.25, -0.2) is 9.69 Å². The second-order valence-corrected chi connectivity index (χ2v) is 18.4. The standard InChI is InChI=1S/C18H18F6N2OSi.C14H9F3N2O.C4H8O/c1-25-10-8-12-11-6-5-7-16(18(22,23)24,27-28(2,3)4)15(11)26-14(12)13(9-10)17(19,20)21;1-18-7-5-9-8-3-2-4-11(20)13(8)19-12(9)10(6-7)14(15,16)17;1-2-4-5-3-1/h8-9,26H,5-7H2,2-4H3;5-6,19H,2-4H2;1-4H2. The van der Waals surface area contributed by atoms with Gasteiger partial charge in [0, 0.05) is 19.6 Å². The molecular weight excluding hydrogens is 735 g/mol. The van der Waals surface area contributed by atoms with Crippen molar-refractivity contribution in [2.24, 2.45) is 0 Å². The Morgan fingerprint density at radius 2 is 1.25 bits per heavy atom. The van der Waals surface area contributed by atoms with E-state index < -0.39 is 49.1 Å². The molecule has 17 heteroatoms. The number of carbonyl (C=O) groups excluding carboxylic acids is 1. The number of alkyl halides is 9. The van der Waals surface area contributed by atoms with E-state index >= 15 is 0 Å². The average Bonchev–Trinajstić information content (AvgIpc) is 3.83. The molecule has 2 aromatic heterocycles. The number of H-pyrrole nitrogens is 2. The molecule has 1 fully saturated rings. The van der Waals surface area contributed by atoms with E-state index in [1.165, 1.54) is 25.0 Å². The summed E-state index contributed by atoms with van der Waals surface area (Å²) in [5.41, 5.74) is -4.91. The van der Waals surface area contributed by atoms with E-state index in [2.05, 4.69) is 19.7 Å². The van der Waals surface area contributed by atoms with Crippen LogP contribution >= 0.6 is 0 Å². The molecule has 0 amide bonds. The van der Waals surface area contributed by atoms with Crippen molar-refractivity contribution in [3.8, 4) is 0 Å². The van der Waals surface area contributed by atoms with Crippen molar-refractivity contribution in [3.05, 3.63) is 80.7 Å². The Morgan fingerprint density at radius 3 is 1.70 bits per heavy atom. The second kappa shape index (κ2) is 14.5. The molecule has 1 aliphatic heterocycles. The number of aromatic nitrogens is 2. The van der Waals surface area contributed by atoms with Crippen LogP contribution in [0.25, 0.3) is 31.5 Å². The first-order valence-corrected chi connectivity index (χ1v) is 20.2. The van der Waals surface area contributed by atoms with Crippen LogP contribution in [0.5, 0.6) is 0 Å². The van der Waals surface area contributed by atoms with Crippen LogP contribution in [0, 0.1) is 13.1 Å². The molecule has 1 atom stereocenters. The van der Waals surface area contributed by atoms with E-state index in [9.17, 15) is 44.3 Å². The van der Waals surface area contributed by atoms with Crippen LogP contribution in [0.4, 0.5) is 50.9 Å². The maximum atomic E-state index is 14.2. The summed E-state index contributed by atoms with van der Waals surface area (Å²) in [5, 5.41) is 0.345. The fourth-order valence-electron chi connectivity index (χ4n) is 7.01. The summed E-state index contributed by atoms with van der Waals surface area (Å²) in [5.74, 6) is -0.167. The summed E-state index contributed by atoms with van der Waals surface area (Å²) in [6, 6.07) is 4.12. The number of ether oxygens (including phenoxy) is 1. The molecule has 3 heterocycles. The zero-order valence-corrected chi connectivity index (χ0v) is 29.9. The molecule has 7 nitrogen and oxygen atoms in total. The number of halogens is 9. The molecule has 0 saturated carbocycles. The van der Waals surface area contributed by atoms with Crippen LogP contribution in [0.3, 0.4) is 0 Å². The van der Waals surface area contributed by atoms with Crippen LogP contribution in [0.1, 0.15) is 77.0 Å². The predicted octanol–water partition coefficient (Wildman–Crippen LogP) is 11.7. The van der Waals surface area contributed by atoms with E-state index in [0.717, 1.165) is 19.3 Å². The monoisotopic (exact) mass is 770 g/mol. The molecule has 7 rings (SSSR count). The summed E-state index contributed by atoms with van der Waals surface area (Å²) in [6.45, 7) is 20.8. The third-order valence-corrected chi connectivity index (χ3v) is 10.1. The summed E-state index contributed by atoms with van der Waals surface area (Å²) >= 11 is 0. The molecule has 1 unspecified atom stereocenters. The quantitative estimate of drug-likeness (QED) is 0.121. The Labute approximate surface area is 299 Å². The summed E-state index contributed by atoms with van der Waals surface area (Å²) in [4.78, 5) is 23.0. The number of fused-ring (bicyclic) bond motifs is 6. The Morgan fingerprint density at radius 1 is 0.736 bits per heavy atom. The van der Waals surface area contributed by atoms with Gasteiger partial charge < -0.3 is 19.1 Å². The lowest BCUT2D eigenvalue weighted by molar-refractivity contribution is -0.264. The maximum Gasteiger partial charge on any atom is 0.422 e.